The molecule has 1 N–H and O–H groups in total. The van der Waals surface area contributed by atoms with Crippen LogP contribution in [0.5, 0.6) is 0 Å². The van der Waals surface area contributed by atoms with Crippen LogP contribution in [0.1, 0.15) is 24.5 Å². The fourth-order valence-corrected chi connectivity index (χ4v) is 2.27. The average Bonchev–Trinajstić information content (AvgIpc) is 2.55. The molecule has 114 valence electrons. The van der Waals surface area contributed by atoms with Crippen LogP contribution in [0.25, 0.3) is 5.57 Å². The SMILES string of the molecule is C=CCC(O)(C=C(C)c1ccccc1)OCc1ccccc1. The van der Waals surface area contributed by atoms with E-state index >= 15 is 0 Å². The first-order chi connectivity index (χ1) is 10.6. The normalized spacial score (nSPS) is 14.4. The van der Waals surface area contributed by atoms with Crippen LogP contribution in [0.3, 0.4) is 0 Å². The van der Waals surface area contributed by atoms with Crippen LogP contribution in [0.4, 0.5) is 0 Å². The number of aliphatic hydroxyl groups is 1. The second-order valence-electron chi connectivity index (χ2n) is 5.31. The van der Waals surface area contributed by atoms with Crippen molar-refractivity contribution in [2.45, 2.75) is 25.7 Å². The maximum Gasteiger partial charge on any atom is 0.189 e. The molecule has 0 radical (unpaired) electrons. The molecule has 1 atom stereocenters. The number of rotatable bonds is 7. The van der Waals surface area contributed by atoms with Gasteiger partial charge in [-0.25, -0.2) is 0 Å². The summed E-state index contributed by atoms with van der Waals surface area (Å²) in [5.41, 5.74) is 3.06. The summed E-state index contributed by atoms with van der Waals surface area (Å²) in [4.78, 5) is 0. The van der Waals surface area contributed by atoms with Crippen LogP contribution >= 0.6 is 0 Å². The van der Waals surface area contributed by atoms with Gasteiger partial charge in [-0.2, -0.15) is 0 Å². The van der Waals surface area contributed by atoms with E-state index in [1.165, 1.54) is 0 Å². The summed E-state index contributed by atoms with van der Waals surface area (Å²) in [5.74, 6) is -1.35. The number of hydrogen-bond donors (Lipinski definition) is 1. The average molecular weight is 294 g/mol. The van der Waals surface area contributed by atoms with Gasteiger partial charge in [0, 0.05) is 6.42 Å². The van der Waals surface area contributed by atoms with Crippen LogP contribution in [-0.2, 0) is 11.3 Å². The summed E-state index contributed by atoms with van der Waals surface area (Å²) in [7, 11) is 0. The second kappa shape index (κ2) is 7.74. The molecule has 0 aliphatic heterocycles. The minimum atomic E-state index is -1.35. The molecule has 0 bridgehead atoms. The summed E-state index contributed by atoms with van der Waals surface area (Å²) >= 11 is 0. The summed E-state index contributed by atoms with van der Waals surface area (Å²) in [6, 6.07) is 19.8. The van der Waals surface area contributed by atoms with Crippen molar-refractivity contribution >= 4 is 5.57 Å². The maximum atomic E-state index is 10.7. The lowest BCUT2D eigenvalue weighted by Crippen LogP contribution is -2.29. The van der Waals surface area contributed by atoms with Gasteiger partial charge >= 0.3 is 0 Å². The number of ether oxygens (including phenoxy) is 1. The Balaban J connectivity index is 2.15. The topological polar surface area (TPSA) is 29.5 Å². The largest absolute Gasteiger partial charge is 0.362 e. The van der Waals surface area contributed by atoms with Crippen molar-refractivity contribution in [2.24, 2.45) is 0 Å². The van der Waals surface area contributed by atoms with Gasteiger partial charge in [0.15, 0.2) is 5.79 Å². The molecule has 2 aromatic rings. The standard InChI is InChI=1S/C20H22O2/c1-3-14-20(21,22-16-18-10-6-4-7-11-18)15-17(2)19-12-8-5-9-13-19/h3-13,15,21H,1,14,16H2,2H3. The predicted octanol–water partition coefficient (Wildman–Crippen LogP) is 4.57. The molecule has 0 amide bonds. The van der Waals surface area contributed by atoms with Crippen LogP contribution in [0, 0.1) is 0 Å². The molecule has 0 saturated heterocycles. The zero-order chi connectivity index (χ0) is 15.8. The van der Waals surface area contributed by atoms with Crippen molar-refractivity contribution in [1.82, 2.24) is 0 Å². The van der Waals surface area contributed by atoms with E-state index in [9.17, 15) is 5.11 Å². The van der Waals surface area contributed by atoms with E-state index in [-0.39, 0.29) is 0 Å². The smallest absolute Gasteiger partial charge is 0.189 e. The van der Waals surface area contributed by atoms with E-state index in [2.05, 4.69) is 6.58 Å². The third kappa shape index (κ3) is 4.69. The maximum absolute atomic E-state index is 10.7. The molecule has 2 rings (SSSR count). The molecule has 2 nitrogen and oxygen atoms in total. The third-order valence-corrected chi connectivity index (χ3v) is 3.44. The minimum absolute atomic E-state index is 0.337. The van der Waals surface area contributed by atoms with Gasteiger partial charge in [0.1, 0.15) is 0 Å². The van der Waals surface area contributed by atoms with Gasteiger partial charge in [0.05, 0.1) is 6.61 Å². The molecule has 0 fully saturated rings. The first kappa shape index (κ1) is 16.2. The predicted molar refractivity (Wildman–Crippen MR) is 91.1 cm³/mol. The Morgan fingerprint density at radius 3 is 2.27 bits per heavy atom. The first-order valence-electron chi connectivity index (χ1n) is 7.39. The Kier molecular flexibility index (Phi) is 5.70. The zero-order valence-corrected chi connectivity index (χ0v) is 12.9. The van der Waals surface area contributed by atoms with Crippen molar-refractivity contribution in [1.29, 1.82) is 0 Å². The Morgan fingerprint density at radius 2 is 1.68 bits per heavy atom. The molecule has 1 unspecified atom stereocenters. The molecule has 0 heterocycles. The van der Waals surface area contributed by atoms with Gasteiger partial charge in [0.25, 0.3) is 0 Å². The Bertz CT molecular complexity index is 617. The van der Waals surface area contributed by atoms with E-state index in [1.807, 2.05) is 67.6 Å². The lowest BCUT2D eigenvalue weighted by atomic mass is 10.0. The van der Waals surface area contributed by atoms with Gasteiger partial charge in [-0.05, 0) is 29.7 Å². The third-order valence-electron chi connectivity index (χ3n) is 3.44. The molecular weight excluding hydrogens is 272 g/mol. The summed E-state index contributed by atoms with van der Waals surface area (Å²) in [5, 5.41) is 10.7. The van der Waals surface area contributed by atoms with Crippen LogP contribution in [-0.4, -0.2) is 10.9 Å². The van der Waals surface area contributed by atoms with Crippen molar-refractivity contribution in [3.63, 3.8) is 0 Å². The molecule has 0 aromatic heterocycles. The fourth-order valence-electron chi connectivity index (χ4n) is 2.27. The Hall–Kier alpha value is -2.16. The first-order valence-corrected chi connectivity index (χ1v) is 7.39. The minimum Gasteiger partial charge on any atom is -0.362 e. The van der Waals surface area contributed by atoms with Crippen molar-refractivity contribution < 1.29 is 9.84 Å². The molecule has 0 aliphatic carbocycles. The van der Waals surface area contributed by atoms with E-state index < -0.39 is 5.79 Å². The highest BCUT2D eigenvalue weighted by Crippen LogP contribution is 2.23. The highest BCUT2D eigenvalue weighted by molar-refractivity contribution is 5.64. The van der Waals surface area contributed by atoms with Crippen LogP contribution < -0.4 is 0 Å². The summed E-state index contributed by atoms with van der Waals surface area (Å²) in [6.07, 6.45) is 3.76. The molecule has 0 spiro atoms. The zero-order valence-electron chi connectivity index (χ0n) is 12.9. The fraction of sp³-hybridized carbons (Fsp3) is 0.200. The molecule has 0 aliphatic rings. The van der Waals surface area contributed by atoms with Crippen molar-refractivity contribution in [3.8, 4) is 0 Å². The molecule has 22 heavy (non-hydrogen) atoms. The quantitative estimate of drug-likeness (QED) is 0.598. The lowest BCUT2D eigenvalue weighted by Gasteiger charge is -2.25. The van der Waals surface area contributed by atoms with Crippen molar-refractivity contribution in [3.05, 3.63) is 90.5 Å². The van der Waals surface area contributed by atoms with E-state index in [1.54, 1.807) is 12.2 Å². The second-order valence-corrected chi connectivity index (χ2v) is 5.31. The number of allylic oxidation sites excluding steroid dienone is 1. The Labute approximate surface area is 132 Å². The highest BCUT2D eigenvalue weighted by atomic mass is 16.6. The summed E-state index contributed by atoms with van der Waals surface area (Å²) < 4.78 is 5.76. The van der Waals surface area contributed by atoms with Gasteiger partial charge in [0.2, 0.25) is 0 Å². The monoisotopic (exact) mass is 294 g/mol. The van der Waals surface area contributed by atoms with Crippen LogP contribution in [0.2, 0.25) is 0 Å². The van der Waals surface area contributed by atoms with Crippen molar-refractivity contribution in [2.75, 3.05) is 0 Å². The molecule has 2 heteroatoms. The lowest BCUT2D eigenvalue weighted by molar-refractivity contribution is -0.171. The van der Waals surface area contributed by atoms with Gasteiger partial charge < -0.3 is 9.84 Å². The van der Waals surface area contributed by atoms with Gasteiger partial charge in [-0.1, -0.05) is 66.7 Å². The van der Waals surface area contributed by atoms with Gasteiger partial charge in [-0.3, -0.25) is 0 Å². The van der Waals surface area contributed by atoms with E-state index in [4.69, 9.17) is 4.74 Å². The molecule has 2 aromatic carbocycles. The highest BCUT2D eigenvalue weighted by Gasteiger charge is 2.24. The number of hydrogen-bond acceptors (Lipinski definition) is 2. The van der Waals surface area contributed by atoms with Crippen LogP contribution in [0.15, 0.2) is 79.4 Å². The van der Waals surface area contributed by atoms with E-state index in [0.29, 0.717) is 13.0 Å². The van der Waals surface area contributed by atoms with E-state index in [0.717, 1.165) is 16.7 Å². The molecule has 0 saturated carbocycles. The molecular formula is C20H22O2. The van der Waals surface area contributed by atoms with Gasteiger partial charge in [-0.15, -0.1) is 6.58 Å². The Morgan fingerprint density at radius 1 is 1.09 bits per heavy atom. The number of benzene rings is 2. The summed E-state index contributed by atoms with van der Waals surface area (Å²) in [6.45, 7) is 6.03.